The molecule has 0 spiro atoms. The zero-order valence-electron chi connectivity index (χ0n) is 9.35. The summed E-state index contributed by atoms with van der Waals surface area (Å²) in [5, 5.41) is 0. The summed E-state index contributed by atoms with van der Waals surface area (Å²) in [6, 6.07) is 0. The summed E-state index contributed by atoms with van der Waals surface area (Å²) in [4.78, 5) is 0.734. The second-order valence-electron chi connectivity index (χ2n) is 4.90. The van der Waals surface area contributed by atoms with Gasteiger partial charge in [-0.3, -0.25) is 0 Å². The van der Waals surface area contributed by atoms with Crippen LogP contribution in [0.5, 0.6) is 0 Å². The van der Waals surface area contributed by atoms with Crippen molar-refractivity contribution in [2.24, 2.45) is 11.1 Å². The zero-order valence-corrected chi connectivity index (χ0v) is 10.2. The zero-order chi connectivity index (χ0) is 10.4. The predicted molar refractivity (Wildman–Crippen MR) is 66.4 cm³/mol. The van der Waals surface area contributed by atoms with Crippen LogP contribution in [0.4, 0.5) is 0 Å². The topological polar surface area (TPSA) is 26.0 Å². The lowest BCUT2D eigenvalue weighted by Gasteiger charge is -2.29. The maximum atomic E-state index is 5.84. The lowest BCUT2D eigenvalue weighted by Crippen LogP contribution is -2.32. The molecule has 2 N–H and O–H groups in total. The third-order valence-electron chi connectivity index (χ3n) is 3.55. The highest BCUT2D eigenvalue weighted by molar-refractivity contribution is 7.80. The first kappa shape index (κ1) is 12.0. The third kappa shape index (κ3) is 3.56. The van der Waals surface area contributed by atoms with Crippen LogP contribution in [0.15, 0.2) is 0 Å². The van der Waals surface area contributed by atoms with Crippen LogP contribution in [0.25, 0.3) is 0 Å². The molecule has 0 aromatic rings. The van der Waals surface area contributed by atoms with Gasteiger partial charge in [-0.05, 0) is 12.8 Å². The molecule has 14 heavy (non-hydrogen) atoms. The summed E-state index contributed by atoms with van der Waals surface area (Å²) >= 11 is 5.19. The SMILES string of the molecule is CC1(C(N)=S)CCCCCCCCC1. The minimum atomic E-state index is 0.146. The Hall–Kier alpha value is -0.110. The normalized spacial score (nSPS) is 24.1. The smallest absolute Gasteiger partial charge is 0.0787 e. The molecular weight excluding hydrogens is 190 g/mol. The molecule has 1 aliphatic rings. The largest absolute Gasteiger partial charge is 0.393 e. The first-order valence-corrected chi connectivity index (χ1v) is 6.36. The van der Waals surface area contributed by atoms with E-state index in [4.69, 9.17) is 18.0 Å². The van der Waals surface area contributed by atoms with E-state index in [0.717, 1.165) is 4.99 Å². The van der Waals surface area contributed by atoms with Crippen molar-refractivity contribution in [3.8, 4) is 0 Å². The van der Waals surface area contributed by atoms with Crippen LogP contribution in [0.2, 0.25) is 0 Å². The van der Waals surface area contributed by atoms with Crippen molar-refractivity contribution in [3.63, 3.8) is 0 Å². The predicted octanol–water partition coefficient (Wildman–Crippen LogP) is 3.80. The van der Waals surface area contributed by atoms with Crippen LogP contribution < -0.4 is 5.73 Å². The summed E-state index contributed by atoms with van der Waals surface area (Å²) in [6.45, 7) is 2.25. The van der Waals surface area contributed by atoms with Crippen molar-refractivity contribution < 1.29 is 0 Å². The van der Waals surface area contributed by atoms with E-state index in [9.17, 15) is 0 Å². The summed E-state index contributed by atoms with van der Waals surface area (Å²) in [5.41, 5.74) is 5.99. The van der Waals surface area contributed by atoms with Gasteiger partial charge in [0.05, 0.1) is 4.99 Å². The Labute approximate surface area is 93.4 Å². The molecule has 0 aliphatic heterocycles. The molecule has 0 saturated heterocycles. The number of hydrogen-bond acceptors (Lipinski definition) is 1. The van der Waals surface area contributed by atoms with Crippen molar-refractivity contribution in [1.29, 1.82) is 0 Å². The number of hydrogen-bond donors (Lipinski definition) is 1. The van der Waals surface area contributed by atoms with Gasteiger partial charge in [-0.2, -0.15) is 0 Å². The van der Waals surface area contributed by atoms with Crippen LogP contribution in [0.1, 0.15) is 64.7 Å². The van der Waals surface area contributed by atoms with Crippen LogP contribution in [-0.4, -0.2) is 4.99 Å². The first-order chi connectivity index (χ1) is 6.65. The first-order valence-electron chi connectivity index (χ1n) is 5.95. The monoisotopic (exact) mass is 213 g/mol. The van der Waals surface area contributed by atoms with Gasteiger partial charge in [0.25, 0.3) is 0 Å². The Balaban J connectivity index is 2.49. The standard InChI is InChI=1S/C12H23NS/c1-12(11(13)14)9-7-5-3-2-4-6-8-10-12/h2-10H2,1H3,(H2,13,14). The van der Waals surface area contributed by atoms with Gasteiger partial charge < -0.3 is 5.73 Å². The molecule has 0 aromatic heterocycles. The second-order valence-corrected chi connectivity index (χ2v) is 5.34. The third-order valence-corrected chi connectivity index (χ3v) is 4.04. The van der Waals surface area contributed by atoms with Gasteiger partial charge in [-0.1, -0.05) is 64.1 Å². The Morgan fingerprint density at radius 1 is 0.929 bits per heavy atom. The van der Waals surface area contributed by atoms with Gasteiger partial charge in [0.2, 0.25) is 0 Å². The van der Waals surface area contributed by atoms with E-state index in [0.29, 0.717) is 0 Å². The van der Waals surface area contributed by atoms with E-state index in [1.165, 1.54) is 57.8 Å². The van der Waals surface area contributed by atoms with Crippen molar-refractivity contribution in [3.05, 3.63) is 0 Å². The molecule has 0 heterocycles. The average molecular weight is 213 g/mol. The van der Waals surface area contributed by atoms with E-state index in [2.05, 4.69) is 6.92 Å². The minimum absolute atomic E-state index is 0.146. The maximum absolute atomic E-state index is 5.84. The van der Waals surface area contributed by atoms with Crippen molar-refractivity contribution in [2.45, 2.75) is 64.7 Å². The molecule has 82 valence electrons. The van der Waals surface area contributed by atoms with E-state index >= 15 is 0 Å². The van der Waals surface area contributed by atoms with Gasteiger partial charge >= 0.3 is 0 Å². The molecule has 0 radical (unpaired) electrons. The van der Waals surface area contributed by atoms with E-state index in [-0.39, 0.29) is 5.41 Å². The van der Waals surface area contributed by atoms with Crippen LogP contribution in [0, 0.1) is 5.41 Å². The highest BCUT2D eigenvalue weighted by atomic mass is 32.1. The van der Waals surface area contributed by atoms with Gasteiger partial charge in [-0.25, -0.2) is 0 Å². The van der Waals surface area contributed by atoms with Gasteiger partial charge in [0.15, 0.2) is 0 Å². The fourth-order valence-electron chi connectivity index (χ4n) is 2.29. The summed E-state index contributed by atoms with van der Waals surface area (Å²) < 4.78 is 0. The van der Waals surface area contributed by atoms with E-state index in [1.807, 2.05) is 0 Å². The van der Waals surface area contributed by atoms with E-state index in [1.54, 1.807) is 0 Å². The van der Waals surface area contributed by atoms with Crippen molar-refractivity contribution >= 4 is 17.2 Å². The van der Waals surface area contributed by atoms with Crippen molar-refractivity contribution in [2.75, 3.05) is 0 Å². The Bertz CT molecular complexity index is 179. The highest BCUT2D eigenvalue weighted by Crippen LogP contribution is 2.32. The molecule has 0 aromatic carbocycles. The van der Waals surface area contributed by atoms with Crippen LogP contribution >= 0.6 is 12.2 Å². The lowest BCUT2D eigenvalue weighted by molar-refractivity contribution is 0.346. The molecule has 1 nitrogen and oxygen atoms in total. The van der Waals surface area contributed by atoms with Crippen LogP contribution in [0.3, 0.4) is 0 Å². The fraction of sp³-hybridized carbons (Fsp3) is 0.917. The molecular formula is C12H23NS. The highest BCUT2D eigenvalue weighted by Gasteiger charge is 2.26. The maximum Gasteiger partial charge on any atom is 0.0787 e. The van der Waals surface area contributed by atoms with Crippen LogP contribution in [-0.2, 0) is 0 Å². The van der Waals surface area contributed by atoms with Gasteiger partial charge in [0.1, 0.15) is 0 Å². The molecule has 1 aliphatic carbocycles. The molecule has 0 unspecified atom stereocenters. The molecule has 1 fully saturated rings. The summed E-state index contributed by atoms with van der Waals surface area (Å²) in [7, 11) is 0. The molecule has 0 atom stereocenters. The molecule has 1 rings (SSSR count). The molecule has 0 amide bonds. The second kappa shape index (κ2) is 5.69. The van der Waals surface area contributed by atoms with Crippen molar-refractivity contribution in [1.82, 2.24) is 0 Å². The average Bonchev–Trinajstić information content (AvgIpc) is 2.16. The molecule has 1 saturated carbocycles. The molecule has 0 bridgehead atoms. The Morgan fingerprint density at radius 2 is 1.29 bits per heavy atom. The lowest BCUT2D eigenvalue weighted by atomic mass is 9.79. The fourth-order valence-corrected chi connectivity index (χ4v) is 2.49. The summed E-state index contributed by atoms with van der Waals surface area (Å²) in [6.07, 6.45) is 11.9. The quantitative estimate of drug-likeness (QED) is 0.670. The molecule has 2 heteroatoms. The van der Waals surface area contributed by atoms with Gasteiger partial charge in [-0.15, -0.1) is 0 Å². The minimum Gasteiger partial charge on any atom is -0.393 e. The summed E-state index contributed by atoms with van der Waals surface area (Å²) in [5.74, 6) is 0. The Kier molecular flexibility index (Phi) is 4.86. The number of thiocarbonyl (C=S) groups is 1. The van der Waals surface area contributed by atoms with Gasteiger partial charge in [0, 0.05) is 5.41 Å². The number of nitrogens with two attached hydrogens (primary N) is 1. The Morgan fingerprint density at radius 3 is 1.64 bits per heavy atom. The number of rotatable bonds is 1. The van der Waals surface area contributed by atoms with E-state index < -0.39 is 0 Å².